The predicted octanol–water partition coefficient (Wildman–Crippen LogP) is 4.98. The molecule has 1 fully saturated rings. The fourth-order valence-corrected chi connectivity index (χ4v) is 3.36. The topological polar surface area (TPSA) is 47.9 Å². The molecule has 0 spiro atoms. The number of rotatable bonds is 4. The molecule has 3 aromatic rings. The lowest BCUT2D eigenvalue weighted by molar-refractivity contribution is 0.431. The SMILES string of the molecule is Oc1c(F)cc(C#Cc2ccc(N3CCCC3)cc2)cc1/C=N/Nc1ccccc1. The molecule has 4 nitrogen and oxygen atoms in total. The molecule has 3 aromatic carbocycles. The van der Waals surface area contributed by atoms with E-state index < -0.39 is 11.6 Å². The van der Waals surface area contributed by atoms with Crippen LogP contribution in [0.15, 0.2) is 71.8 Å². The van der Waals surface area contributed by atoms with Gasteiger partial charge < -0.3 is 10.0 Å². The highest BCUT2D eigenvalue weighted by Crippen LogP contribution is 2.22. The first-order chi connectivity index (χ1) is 14.7. The van der Waals surface area contributed by atoms with Crippen molar-refractivity contribution in [3.8, 4) is 17.6 Å². The van der Waals surface area contributed by atoms with E-state index in [4.69, 9.17) is 0 Å². The minimum Gasteiger partial charge on any atom is -0.504 e. The number of halogens is 1. The quantitative estimate of drug-likeness (QED) is 0.370. The van der Waals surface area contributed by atoms with E-state index in [2.05, 4.69) is 39.4 Å². The maximum atomic E-state index is 14.1. The van der Waals surface area contributed by atoms with Gasteiger partial charge in [0.2, 0.25) is 0 Å². The number of nitrogens with zero attached hydrogens (tertiary/aromatic N) is 2. The van der Waals surface area contributed by atoms with Crippen molar-refractivity contribution in [2.24, 2.45) is 5.10 Å². The molecule has 0 unspecified atom stereocenters. The summed E-state index contributed by atoms with van der Waals surface area (Å²) in [6.07, 6.45) is 3.85. The number of nitrogens with one attached hydrogen (secondary N) is 1. The van der Waals surface area contributed by atoms with Crippen LogP contribution in [0, 0.1) is 17.7 Å². The Hall–Kier alpha value is -3.78. The highest BCUT2D eigenvalue weighted by atomic mass is 19.1. The molecule has 5 heteroatoms. The maximum Gasteiger partial charge on any atom is 0.166 e. The zero-order valence-electron chi connectivity index (χ0n) is 16.5. The van der Waals surface area contributed by atoms with Gasteiger partial charge in [-0.15, -0.1) is 0 Å². The van der Waals surface area contributed by atoms with Gasteiger partial charge in [-0.05, 0) is 61.4 Å². The van der Waals surface area contributed by atoms with E-state index in [0.29, 0.717) is 5.56 Å². The van der Waals surface area contributed by atoms with Crippen molar-refractivity contribution in [1.29, 1.82) is 0 Å². The van der Waals surface area contributed by atoms with Gasteiger partial charge in [0.1, 0.15) is 0 Å². The highest BCUT2D eigenvalue weighted by molar-refractivity contribution is 5.84. The van der Waals surface area contributed by atoms with Gasteiger partial charge in [-0.2, -0.15) is 5.10 Å². The molecular weight excluding hydrogens is 377 g/mol. The Balaban J connectivity index is 1.49. The van der Waals surface area contributed by atoms with E-state index in [1.165, 1.54) is 30.8 Å². The van der Waals surface area contributed by atoms with Crippen LogP contribution >= 0.6 is 0 Å². The Labute approximate surface area is 175 Å². The number of phenolic OH excluding ortho intramolecular Hbond substituents is 1. The molecule has 0 atom stereocenters. The van der Waals surface area contributed by atoms with E-state index >= 15 is 0 Å². The number of hydrogen-bond acceptors (Lipinski definition) is 4. The molecule has 1 saturated heterocycles. The number of para-hydroxylation sites is 1. The van der Waals surface area contributed by atoms with Crippen molar-refractivity contribution < 1.29 is 9.50 Å². The monoisotopic (exact) mass is 399 g/mol. The van der Waals surface area contributed by atoms with Crippen LogP contribution in [0.1, 0.15) is 29.5 Å². The second-order valence-electron chi connectivity index (χ2n) is 7.12. The maximum absolute atomic E-state index is 14.1. The van der Waals surface area contributed by atoms with Crippen LogP contribution in [-0.4, -0.2) is 24.4 Å². The number of phenols is 1. The van der Waals surface area contributed by atoms with Gasteiger partial charge in [0, 0.05) is 35.5 Å². The Morgan fingerprint density at radius 3 is 2.37 bits per heavy atom. The number of aromatic hydroxyl groups is 1. The molecule has 1 aliphatic rings. The molecule has 1 aliphatic heterocycles. The van der Waals surface area contributed by atoms with E-state index in [1.54, 1.807) is 6.07 Å². The molecule has 2 N–H and O–H groups in total. The van der Waals surface area contributed by atoms with E-state index in [1.807, 2.05) is 42.5 Å². The molecule has 0 aliphatic carbocycles. The fourth-order valence-electron chi connectivity index (χ4n) is 3.36. The average molecular weight is 399 g/mol. The molecule has 0 bridgehead atoms. The predicted molar refractivity (Wildman–Crippen MR) is 120 cm³/mol. The lowest BCUT2D eigenvalue weighted by Gasteiger charge is -2.17. The first-order valence-electron chi connectivity index (χ1n) is 9.93. The Kier molecular flexibility index (Phi) is 5.95. The molecular formula is C25H22FN3O. The molecule has 30 heavy (non-hydrogen) atoms. The second kappa shape index (κ2) is 9.15. The number of hydrazone groups is 1. The van der Waals surface area contributed by atoms with Gasteiger partial charge in [0.25, 0.3) is 0 Å². The number of hydrogen-bond donors (Lipinski definition) is 2. The summed E-state index contributed by atoms with van der Waals surface area (Å²) >= 11 is 0. The zero-order chi connectivity index (χ0) is 20.8. The Bertz CT molecular complexity index is 1090. The fraction of sp³-hybridized carbons (Fsp3) is 0.160. The van der Waals surface area contributed by atoms with Crippen LogP contribution in [0.2, 0.25) is 0 Å². The molecule has 150 valence electrons. The van der Waals surface area contributed by atoms with E-state index in [-0.39, 0.29) is 5.56 Å². The van der Waals surface area contributed by atoms with Gasteiger partial charge in [-0.3, -0.25) is 5.43 Å². The van der Waals surface area contributed by atoms with Crippen molar-refractivity contribution in [3.05, 3.63) is 89.2 Å². The summed E-state index contributed by atoms with van der Waals surface area (Å²) in [6.45, 7) is 2.20. The van der Waals surface area contributed by atoms with Gasteiger partial charge >= 0.3 is 0 Å². The average Bonchev–Trinajstić information content (AvgIpc) is 3.31. The lowest BCUT2D eigenvalue weighted by atomic mass is 10.1. The molecule has 0 radical (unpaired) electrons. The van der Waals surface area contributed by atoms with Crippen LogP contribution in [0.5, 0.6) is 5.75 Å². The van der Waals surface area contributed by atoms with E-state index in [0.717, 1.165) is 24.3 Å². The van der Waals surface area contributed by atoms with Crippen molar-refractivity contribution in [2.75, 3.05) is 23.4 Å². The molecule has 0 amide bonds. The van der Waals surface area contributed by atoms with E-state index in [9.17, 15) is 9.50 Å². The summed E-state index contributed by atoms with van der Waals surface area (Å²) in [6, 6.07) is 20.3. The van der Waals surface area contributed by atoms with Gasteiger partial charge in [0.15, 0.2) is 11.6 Å². The summed E-state index contributed by atoms with van der Waals surface area (Å²) in [7, 11) is 0. The number of benzene rings is 3. The zero-order valence-corrected chi connectivity index (χ0v) is 16.5. The molecule has 4 rings (SSSR count). The summed E-state index contributed by atoms with van der Waals surface area (Å²) in [4.78, 5) is 2.36. The lowest BCUT2D eigenvalue weighted by Crippen LogP contribution is -2.17. The largest absolute Gasteiger partial charge is 0.504 e. The number of anilines is 2. The normalized spacial score (nSPS) is 13.3. The third kappa shape index (κ3) is 4.79. The van der Waals surface area contributed by atoms with Gasteiger partial charge in [-0.1, -0.05) is 30.0 Å². The third-order valence-corrected chi connectivity index (χ3v) is 4.95. The summed E-state index contributed by atoms with van der Waals surface area (Å²) in [5.74, 6) is 4.85. The second-order valence-corrected chi connectivity index (χ2v) is 7.12. The standard InChI is InChI=1S/C25H22FN3O/c26-24-17-20(9-8-19-10-12-23(13-11-19)29-14-4-5-15-29)16-21(25(24)30)18-27-28-22-6-2-1-3-7-22/h1-3,6-7,10-13,16-18,28,30H,4-5,14-15H2/b27-18+. The first-order valence-corrected chi connectivity index (χ1v) is 9.93. The third-order valence-electron chi connectivity index (χ3n) is 4.95. The van der Waals surface area contributed by atoms with Crippen molar-refractivity contribution in [1.82, 2.24) is 0 Å². The van der Waals surface area contributed by atoms with Crippen molar-refractivity contribution in [3.63, 3.8) is 0 Å². The molecule has 1 heterocycles. The summed E-state index contributed by atoms with van der Waals surface area (Å²) in [5, 5.41) is 14.1. The van der Waals surface area contributed by atoms with Crippen molar-refractivity contribution >= 4 is 17.6 Å². The van der Waals surface area contributed by atoms with Crippen LogP contribution in [-0.2, 0) is 0 Å². The molecule has 0 saturated carbocycles. The Morgan fingerprint density at radius 2 is 1.63 bits per heavy atom. The van der Waals surface area contributed by atoms with Crippen LogP contribution in [0.4, 0.5) is 15.8 Å². The Morgan fingerprint density at radius 1 is 0.933 bits per heavy atom. The van der Waals surface area contributed by atoms with Crippen LogP contribution in [0.3, 0.4) is 0 Å². The minimum absolute atomic E-state index is 0.257. The highest BCUT2D eigenvalue weighted by Gasteiger charge is 2.11. The van der Waals surface area contributed by atoms with Crippen LogP contribution in [0.25, 0.3) is 0 Å². The first kappa shape index (κ1) is 19.5. The molecule has 0 aromatic heterocycles. The van der Waals surface area contributed by atoms with Gasteiger partial charge in [0.05, 0.1) is 11.9 Å². The van der Waals surface area contributed by atoms with Gasteiger partial charge in [-0.25, -0.2) is 4.39 Å². The van der Waals surface area contributed by atoms with Crippen LogP contribution < -0.4 is 10.3 Å². The summed E-state index contributed by atoms with van der Waals surface area (Å²) in [5.41, 5.74) is 6.42. The van der Waals surface area contributed by atoms with Crippen molar-refractivity contribution in [2.45, 2.75) is 12.8 Å². The smallest absolute Gasteiger partial charge is 0.166 e. The minimum atomic E-state index is -0.729. The summed E-state index contributed by atoms with van der Waals surface area (Å²) < 4.78 is 14.1.